The molecule has 1 aliphatic heterocycles. The maximum atomic E-state index is 12.1. The Balaban J connectivity index is 1.53. The summed E-state index contributed by atoms with van der Waals surface area (Å²) in [5.41, 5.74) is 0. The molecule has 22 heavy (non-hydrogen) atoms. The minimum Gasteiger partial charge on any atom is -0.458 e. The molecular formula is C15H14ClN3O2S. The monoisotopic (exact) mass is 335 g/mol. The molecular weight excluding hydrogens is 322 g/mol. The van der Waals surface area contributed by atoms with Crippen LogP contribution in [0.25, 0.3) is 6.08 Å². The SMILES string of the molecule is O=C(/C=C/c1cccs1)N1CC[C@H](Oc2ncc(Cl)cn2)C1. The number of amides is 1. The van der Waals surface area contributed by atoms with Gasteiger partial charge in [-0.05, 0) is 17.5 Å². The predicted molar refractivity (Wildman–Crippen MR) is 86.0 cm³/mol. The maximum Gasteiger partial charge on any atom is 0.316 e. The first kappa shape index (κ1) is 15.0. The van der Waals surface area contributed by atoms with Crippen molar-refractivity contribution < 1.29 is 9.53 Å². The van der Waals surface area contributed by atoms with E-state index in [2.05, 4.69) is 9.97 Å². The molecule has 3 heterocycles. The van der Waals surface area contributed by atoms with Crippen LogP contribution in [0.2, 0.25) is 5.02 Å². The maximum absolute atomic E-state index is 12.1. The first-order valence-corrected chi connectivity index (χ1v) is 8.11. The summed E-state index contributed by atoms with van der Waals surface area (Å²) in [5.74, 6) is -0.00322. The fraction of sp³-hybridized carbons (Fsp3) is 0.267. The Kier molecular flexibility index (Phi) is 4.70. The molecule has 0 radical (unpaired) electrons. The largest absolute Gasteiger partial charge is 0.458 e. The molecule has 0 spiro atoms. The Morgan fingerprint density at radius 1 is 1.45 bits per heavy atom. The van der Waals surface area contributed by atoms with Gasteiger partial charge in [0.25, 0.3) is 0 Å². The van der Waals surface area contributed by atoms with Gasteiger partial charge in [0.15, 0.2) is 0 Å². The summed E-state index contributed by atoms with van der Waals surface area (Å²) in [6, 6.07) is 4.22. The van der Waals surface area contributed by atoms with Gasteiger partial charge in [-0.3, -0.25) is 4.79 Å². The Morgan fingerprint density at radius 3 is 3.00 bits per heavy atom. The smallest absolute Gasteiger partial charge is 0.316 e. The van der Waals surface area contributed by atoms with E-state index in [9.17, 15) is 4.79 Å². The Hall–Kier alpha value is -1.92. The number of hydrogen-bond acceptors (Lipinski definition) is 5. The number of likely N-dealkylation sites (tertiary alicyclic amines) is 1. The summed E-state index contributed by atoms with van der Waals surface area (Å²) < 4.78 is 5.66. The van der Waals surface area contributed by atoms with Gasteiger partial charge >= 0.3 is 6.01 Å². The molecule has 2 aromatic rings. The van der Waals surface area contributed by atoms with E-state index >= 15 is 0 Å². The predicted octanol–water partition coefficient (Wildman–Crippen LogP) is 2.88. The van der Waals surface area contributed by atoms with Crippen LogP contribution < -0.4 is 4.74 Å². The van der Waals surface area contributed by atoms with Crippen LogP contribution in [0, 0.1) is 0 Å². The average Bonchev–Trinajstić information content (AvgIpc) is 3.19. The van der Waals surface area contributed by atoms with Gasteiger partial charge in [-0.25, -0.2) is 9.97 Å². The Morgan fingerprint density at radius 2 is 2.27 bits per heavy atom. The molecule has 0 saturated carbocycles. The highest BCUT2D eigenvalue weighted by Gasteiger charge is 2.27. The third-order valence-corrected chi connectivity index (χ3v) is 4.29. The van der Waals surface area contributed by atoms with E-state index in [1.54, 1.807) is 22.3 Å². The van der Waals surface area contributed by atoms with Gasteiger partial charge in [-0.2, -0.15) is 0 Å². The molecule has 5 nitrogen and oxygen atoms in total. The van der Waals surface area contributed by atoms with Crippen molar-refractivity contribution in [1.82, 2.24) is 14.9 Å². The molecule has 0 N–H and O–H groups in total. The van der Waals surface area contributed by atoms with Gasteiger partial charge < -0.3 is 9.64 Å². The van der Waals surface area contributed by atoms with Crippen molar-refractivity contribution in [2.24, 2.45) is 0 Å². The van der Waals surface area contributed by atoms with Crippen LogP contribution in [-0.2, 0) is 4.79 Å². The molecule has 0 aromatic carbocycles. The van der Waals surface area contributed by atoms with Gasteiger partial charge in [0.1, 0.15) is 6.10 Å². The number of thiophene rings is 1. The number of carbonyl (C=O) groups excluding carboxylic acids is 1. The van der Waals surface area contributed by atoms with Crippen molar-refractivity contribution >= 4 is 34.9 Å². The molecule has 1 amide bonds. The van der Waals surface area contributed by atoms with E-state index in [1.807, 2.05) is 23.6 Å². The molecule has 1 atom stereocenters. The number of carbonyl (C=O) groups is 1. The van der Waals surface area contributed by atoms with Crippen LogP contribution >= 0.6 is 22.9 Å². The quantitative estimate of drug-likeness (QED) is 0.806. The standard InChI is InChI=1S/C15H14ClN3O2S/c16-11-8-17-15(18-9-11)21-12-5-6-19(10-12)14(20)4-3-13-2-1-7-22-13/h1-4,7-9,12H,5-6,10H2/b4-3+/t12-/m0/s1. The number of nitrogens with zero attached hydrogens (tertiary/aromatic N) is 3. The zero-order valence-corrected chi connectivity index (χ0v) is 13.3. The number of halogens is 1. The highest BCUT2D eigenvalue weighted by atomic mass is 35.5. The fourth-order valence-electron chi connectivity index (χ4n) is 2.18. The van der Waals surface area contributed by atoms with E-state index in [-0.39, 0.29) is 18.0 Å². The third kappa shape index (κ3) is 3.84. The number of rotatable bonds is 4. The summed E-state index contributed by atoms with van der Waals surface area (Å²) in [4.78, 5) is 23.0. The van der Waals surface area contributed by atoms with E-state index in [4.69, 9.17) is 16.3 Å². The fourth-order valence-corrected chi connectivity index (χ4v) is 2.90. The summed E-state index contributed by atoms with van der Waals surface area (Å²) >= 11 is 7.33. The molecule has 2 aromatic heterocycles. The zero-order valence-electron chi connectivity index (χ0n) is 11.7. The van der Waals surface area contributed by atoms with Crippen molar-refractivity contribution in [1.29, 1.82) is 0 Å². The Labute approximate surface area is 137 Å². The number of aromatic nitrogens is 2. The van der Waals surface area contributed by atoms with Gasteiger partial charge in [0.2, 0.25) is 5.91 Å². The summed E-state index contributed by atoms with van der Waals surface area (Å²) in [5, 5.41) is 2.45. The van der Waals surface area contributed by atoms with Crippen molar-refractivity contribution in [2.45, 2.75) is 12.5 Å². The molecule has 0 aliphatic carbocycles. The van der Waals surface area contributed by atoms with Crippen molar-refractivity contribution in [3.63, 3.8) is 0 Å². The molecule has 3 rings (SSSR count). The molecule has 0 unspecified atom stereocenters. The topological polar surface area (TPSA) is 55.3 Å². The lowest BCUT2D eigenvalue weighted by Crippen LogP contribution is -2.29. The van der Waals surface area contributed by atoms with Gasteiger partial charge in [0.05, 0.1) is 24.0 Å². The summed E-state index contributed by atoms with van der Waals surface area (Å²) in [6.07, 6.45) is 7.11. The van der Waals surface area contributed by atoms with Crippen molar-refractivity contribution in [3.8, 4) is 6.01 Å². The number of ether oxygens (including phenoxy) is 1. The van der Waals surface area contributed by atoms with Crippen molar-refractivity contribution in [2.75, 3.05) is 13.1 Å². The summed E-state index contributed by atoms with van der Waals surface area (Å²) in [6.45, 7) is 1.21. The van der Waals surface area contributed by atoms with Crippen molar-refractivity contribution in [3.05, 3.63) is 45.9 Å². The molecule has 7 heteroatoms. The molecule has 1 saturated heterocycles. The lowest BCUT2D eigenvalue weighted by Gasteiger charge is -2.14. The van der Waals surface area contributed by atoms with Crippen LogP contribution in [0.4, 0.5) is 0 Å². The van der Waals surface area contributed by atoms with E-state index in [1.165, 1.54) is 12.4 Å². The normalized spacial score (nSPS) is 18.0. The molecule has 1 aliphatic rings. The molecule has 114 valence electrons. The van der Waals surface area contributed by atoms with Crippen LogP contribution in [-0.4, -0.2) is 40.0 Å². The average molecular weight is 336 g/mol. The van der Waals surface area contributed by atoms with Crippen LogP contribution in [0.1, 0.15) is 11.3 Å². The number of hydrogen-bond donors (Lipinski definition) is 0. The second-order valence-electron chi connectivity index (χ2n) is 4.85. The highest BCUT2D eigenvalue weighted by Crippen LogP contribution is 2.17. The lowest BCUT2D eigenvalue weighted by molar-refractivity contribution is -0.125. The first-order chi connectivity index (χ1) is 10.7. The zero-order chi connectivity index (χ0) is 15.4. The van der Waals surface area contributed by atoms with E-state index in [0.29, 0.717) is 18.1 Å². The van der Waals surface area contributed by atoms with Gasteiger partial charge in [0, 0.05) is 23.9 Å². The Bertz CT molecular complexity index is 658. The van der Waals surface area contributed by atoms with E-state index < -0.39 is 0 Å². The lowest BCUT2D eigenvalue weighted by atomic mass is 10.3. The van der Waals surface area contributed by atoms with Crippen LogP contribution in [0.3, 0.4) is 0 Å². The second-order valence-corrected chi connectivity index (χ2v) is 6.26. The van der Waals surface area contributed by atoms with Crippen LogP contribution in [0.15, 0.2) is 36.0 Å². The van der Waals surface area contributed by atoms with E-state index in [0.717, 1.165) is 11.3 Å². The van der Waals surface area contributed by atoms with Gasteiger partial charge in [-0.15, -0.1) is 11.3 Å². The second kappa shape index (κ2) is 6.89. The first-order valence-electron chi connectivity index (χ1n) is 6.85. The highest BCUT2D eigenvalue weighted by molar-refractivity contribution is 7.10. The van der Waals surface area contributed by atoms with Gasteiger partial charge in [-0.1, -0.05) is 17.7 Å². The molecule has 0 bridgehead atoms. The molecule has 1 fully saturated rings. The summed E-state index contributed by atoms with van der Waals surface area (Å²) in [7, 11) is 0. The minimum atomic E-state index is -0.0831. The minimum absolute atomic E-state index is 0.00322. The van der Waals surface area contributed by atoms with Crippen LogP contribution in [0.5, 0.6) is 6.01 Å². The third-order valence-electron chi connectivity index (χ3n) is 3.26.